The van der Waals surface area contributed by atoms with Crippen LogP contribution in [-0.4, -0.2) is 39.4 Å². The summed E-state index contributed by atoms with van der Waals surface area (Å²) in [5, 5.41) is 15.4. The van der Waals surface area contributed by atoms with Crippen molar-refractivity contribution in [3.63, 3.8) is 0 Å². The van der Waals surface area contributed by atoms with Gasteiger partial charge in [-0.2, -0.15) is 0 Å². The van der Waals surface area contributed by atoms with Crippen LogP contribution < -0.4 is 5.32 Å². The maximum absolute atomic E-state index is 11.2. The van der Waals surface area contributed by atoms with Gasteiger partial charge in [0.25, 0.3) is 0 Å². The highest BCUT2D eigenvalue weighted by atomic mass is 16.6. The summed E-state index contributed by atoms with van der Waals surface area (Å²) in [6, 6.07) is 9.52. The highest BCUT2D eigenvalue weighted by molar-refractivity contribution is 5.87. The van der Waals surface area contributed by atoms with Crippen LogP contribution in [0.25, 0.3) is 10.9 Å². The van der Waals surface area contributed by atoms with E-state index in [0.29, 0.717) is 6.04 Å². The molecule has 1 fully saturated rings. The van der Waals surface area contributed by atoms with Crippen molar-refractivity contribution in [2.75, 3.05) is 18.9 Å². The number of nitrogens with zero attached hydrogens (tertiary/aromatic N) is 3. The smallest absolute Gasteiger partial charge is 0.311 e. The molecular formula is C19H21N5O2. The third-order valence-corrected chi connectivity index (χ3v) is 5.14. The van der Waals surface area contributed by atoms with E-state index in [4.69, 9.17) is 0 Å². The topological polar surface area (TPSA) is 87.1 Å². The molecule has 0 aliphatic carbocycles. The van der Waals surface area contributed by atoms with Gasteiger partial charge in [-0.25, -0.2) is 4.98 Å². The summed E-state index contributed by atoms with van der Waals surface area (Å²) in [6.45, 7) is 1.16. The number of H-pyrrole nitrogens is 1. The van der Waals surface area contributed by atoms with Gasteiger partial charge >= 0.3 is 5.69 Å². The second-order valence-electron chi connectivity index (χ2n) is 6.81. The number of aromatic nitrogens is 2. The van der Waals surface area contributed by atoms with Crippen molar-refractivity contribution in [3.8, 4) is 0 Å². The average Bonchev–Trinajstić information content (AvgIpc) is 3.22. The lowest BCUT2D eigenvalue weighted by Gasteiger charge is -2.18. The standard InChI is InChI=1S/C19H21N5O2/c1-23-9-3-4-15(23)10-13-12-21-17-7-6-14(11-16(13)17)22-19-18(24(25)26)5-2-8-20-19/h2,5-8,11-12,15,21H,3-4,9-10H2,1H3,(H,20,22)/t15-/m0/s1. The lowest BCUT2D eigenvalue weighted by molar-refractivity contribution is -0.384. The molecule has 3 aromatic rings. The van der Waals surface area contributed by atoms with E-state index in [1.54, 1.807) is 12.3 Å². The number of hydrogen-bond donors (Lipinski definition) is 2. The van der Waals surface area contributed by atoms with Gasteiger partial charge in [-0.3, -0.25) is 10.1 Å². The van der Waals surface area contributed by atoms with Crippen molar-refractivity contribution in [2.24, 2.45) is 0 Å². The van der Waals surface area contributed by atoms with E-state index in [0.717, 1.165) is 29.6 Å². The van der Waals surface area contributed by atoms with Gasteiger partial charge in [0.05, 0.1) is 4.92 Å². The average molecular weight is 351 g/mol. The second-order valence-corrected chi connectivity index (χ2v) is 6.81. The summed E-state index contributed by atoms with van der Waals surface area (Å²) in [7, 11) is 2.18. The highest BCUT2D eigenvalue weighted by Crippen LogP contribution is 2.29. The Kier molecular flexibility index (Phi) is 4.30. The second kappa shape index (κ2) is 6.76. The molecule has 3 heterocycles. The number of nitro groups is 1. The number of aromatic amines is 1. The Morgan fingerprint density at radius 2 is 2.31 bits per heavy atom. The van der Waals surface area contributed by atoms with Gasteiger partial charge in [-0.1, -0.05) is 0 Å². The fraction of sp³-hybridized carbons (Fsp3) is 0.316. The predicted octanol–water partition coefficient (Wildman–Crippen LogP) is 3.85. The lowest BCUT2D eigenvalue weighted by Crippen LogP contribution is -2.26. The van der Waals surface area contributed by atoms with Crippen LogP contribution in [0, 0.1) is 10.1 Å². The SMILES string of the molecule is CN1CCC[C@H]1Cc1c[nH]c2ccc(Nc3ncccc3[N+](=O)[O-])cc12. The van der Waals surface area contributed by atoms with Crippen molar-refractivity contribution >= 4 is 28.1 Å². The highest BCUT2D eigenvalue weighted by Gasteiger charge is 2.22. The third kappa shape index (κ3) is 3.13. The molecule has 1 aliphatic rings. The van der Waals surface area contributed by atoms with E-state index >= 15 is 0 Å². The zero-order chi connectivity index (χ0) is 18.1. The molecular weight excluding hydrogens is 330 g/mol. The molecule has 1 aliphatic heterocycles. The number of benzene rings is 1. The normalized spacial score (nSPS) is 17.7. The molecule has 2 N–H and O–H groups in total. The van der Waals surface area contributed by atoms with E-state index in [-0.39, 0.29) is 11.5 Å². The largest absolute Gasteiger partial charge is 0.361 e. The van der Waals surface area contributed by atoms with Crippen LogP contribution in [-0.2, 0) is 6.42 Å². The van der Waals surface area contributed by atoms with Gasteiger partial charge in [-0.15, -0.1) is 0 Å². The quantitative estimate of drug-likeness (QED) is 0.538. The molecule has 134 valence electrons. The van der Waals surface area contributed by atoms with Crippen molar-refractivity contribution in [1.29, 1.82) is 0 Å². The Balaban J connectivity index is 1.63. The fourth-order valence-corrected chi connectivity index (χ4v) is 3.69. The van der Waals surface area contributed by atoms with Crippen molar-refractivity contribution in [1.82, 2.24) is 14.9 Å². The summed E-state index contributed by atoms with van der Waals surface area (Å²) >= 11 is 0. The molecule has 0 bridgehead atoms. The van der Waals surface area contributed by atoms with E-state index in [1.165, 1.54) is 24.5 Å². The van der Waals surface area contributed by atoms with Crippen LogP contribution in [0.1, 0.15) is 18.4 Å². The van der Waals surface area contributed by atoms with Gasteiger partial charge in [0.15, 0.2) is 0 Å². The first-order valence-corrected chi connectivity index (χ1v) is 8.78. The molecule has 0 spiro atoms. The molecule has 0 radical (unpaired) electrons. The molecule has 4 rings (SSSR count). The number of likely N-dealkylation sites (N-methyl/N-ethyl adjacent to an activating group) is 1. The van der Waals surface area contributed by atoms with Crippen LogP contribution in [0.5, 0.6) is 0 Å². The minimum absolute atomic E-state index is 0.0329. The minimum Gasteiger partial charge on any atom is -0.361 e. The molecule has 2 aromatic heterocycles. The Bertz CT molecular complexity index is 952. The number of anilines is 2. The van der Waals surface area contributed by atoms with Crippen molar-refractivity contribution in [2.45, 2.75) is 25.3 Å². The molecule has 1 aromatic carbocycles. The van der Waals surface area contributed by atoms with Gasteiger partial charge in [-0.05, 0) is 62.7 Å². The lowest BCUT2D eigenvalue weighted by atomic mass is 10.0. The van der Waals surface area contributed by atoms with Crippen LogP contribution in [0.4, 0.5) is 17.2 Å². The Morgan fingerprint density at radius 1 is 1.42 bits per heavy atom. The number of likely N-dealkylation sites (tertiary alicyclic amines) is 1. The Labute approximate surface area is 151 Å². The molecule has 26 heavy (non-hydrogen) atoms. The van der Waals surface area contributed by atoms with Crippen molar-refractivity contribution in [3.05, 3.63) is 58.4 Å². The number of pyridine rings is 1. The monoisotopic (exact) mass is 351 g/mol. The summed E-state index contributed by atoms with van der Waals surface area (Å²) in [6.07, 6.45) is 7.10. The van der Waals surface area contributed by atoms with Gasteiger partial charge in [0.1, 0.15) is 0 Å². The third-order valence-electron chi connectivity index (χ3n) is 5.14. The zero-order valence-electron chi connectivity index (χ0n) is 14.6. The molecule has 7 heteroatoms. The van der Waals surface area contributed by atoms with E-state index in [2.05, 4.69) is 33.4 Å². The first-order chi connectivity index (χ1) is 12.6. The summed E-state index contributed by atoms with van der Waals surface area (Å²) in [4.78, 5) is 20.6. The number of fused-ring (bicyclic) bond motifs is 1. The van der Waals surface area contributed by atoms with Crippen LogP contribution >= 0.6 is 0 Å². The fourth-order valence-electron chi connectivity index (χ4n) is 3.69. The van der Waals surface area contributed by atoms with Gasteiger partial charge in [0.2, 0.25) is 5.82 Å². The first kappa shape index (κ1) is 16.5. The summed E-state index contributed by atoms with van der Waals surface area (Å²) < 4.78 is 0. The molecule has 7 nitrogen and oxygen atoms in total. The van der Waals surface area contributed by atoms with Gasteiger partial charge in [0, 0.05) is 41.1 Å². The molecule has 0 unspecified atom stereocenters. The molecule has 1 atom stereocenters. The van der Waals surface area contributed by atoms with Crippen LogP contribution in [0.3, 0.4) is 0 Å². The number of nitrogens with one attached hydrogen (secondary N) is 2. The number of hydrogen-bond acceptors (Lipinski definition) is 5. The van der Waals surface area contributed by atoms with Crippen molar-refractivity contribution < 1.29 is 4.92 Å². The Morgan fingerprint density at radius 3 is 3.08 bits per heavy atom. The first-order valence-electron chi connectivity index (χ1n) is 8.78. The van der Waals surface area contributed by atoms with E-state index < -0.39 is 4.92 Å². The van der Waals surface area contributed by atoms with Crippen LogP contribution in [0.15, 0.2) is 42.7 Å². The maximum Gasteiger partial charge on any atom is 0.311 e. The maximum atomic E-state index is 11.2. The number of rotatable bonds is 5. The van der Waals surface area contributed by atoms with E-state index in [1.807, 2.05) is 18.2 Å². The predicted molar refractivity (Wildman–Crippen MR) is 102 cm³/mol. The molecule has 0 amide bonds. The molecule has 1 saturated heterocycles. The zero-order valence-corrected chi connectivity index (χ0v) is 14.6. The van der Waals surface area contributed by atoms with E-state index in [9.17, 15) is 10.1 Å². The summed E-state index contributed by atoms with van der Waals surface area (Å²) in [5.41, 5.74) is 3.11. The minimum atomic E-state index is -0.425. The Hall–Kier alpha value is -2.93. The van der Waals surface area contributed by atoms with Crippen LogP contribution in [0.2, 0.25) is 0 Å². The molecule has 0 saturated carbocycles. The van der Waals surface area contributed by atoms with Gasteiger partial charge < -0.3 is 15.2 Å². The summed E-state index contributed by atoms with van der Waals surface area (Å²) in [5.74, 6) is 0.254.